The predicted octanol–water partition coefficient (Wildman–Crippen LogP) is 1.56. The first-order valence-corrected chi connectivity index (χ1v) is 5.80. The lowest BCUT2D eigenvalue weighted by Crippen LogP contribution is -2.34. The largest absolute Gasteiger partial charge is 0.351 e. The van der Waals surface area contributed by atoms with Crippen molar-refractivity contribution in [1.82, 2.24) is 9.55 Å². The van der Waals surface area contributed by atoms with E-state index in [4.69, 9.17) is 5.26 Å². The van der Waals surface area contributed by atoms with Crippen LogP contribution in [0, 0.1) is 11.3 Å². The van der Waals surface area contributed by atoms with Crippen molar-refractivity contribution in [3.05, 3.63) is 22.7 Å². The Bertz CT molecular complexity index is 458. The fourth-order valence-corrected chi connectivity index (χ4v) is 1.64. The van der Waals surface area contributed by atoms with E-state index >= 15 is 0 Å². The maximum absolute atomic E-state index is 12.1. The predicted molar refractivity (Wildman–Crippen MR) is 67.0 cm³/mol. The molecule has 0 spiro atoms. The minimum atomic E-state index is -0.0951. The number of nitrogens with zero attached hydrogens (tertiary/aromatic N) is 4. The molecule has 1 aromatic rings. The number of nitriles is 1. The standard InChI is InChI=1S/C12H18N4O/c1-4-15(8-5-6-13)11-12(17)16(10(2)3)9-7-14-11/h7,9-10H,4-5,8H2,1-3H3. The number of hydrogen-bond donors (Lipinski definition) is 0. The van der Waals surface area contributed by atoms with Crippen LogP contribution in [0.15, 0.2) is 17.2 Å². The van der Waals surface area contributed by atoms with Crippen LogP contribution in [0.2, 0.25) is 0 Å². The Hall–Kier alpha value is -1.83. The zero-order chi connectivity index (χ0) is 12.8. The van der Waals surface area contributed by atoms with E-state index in [1.54, 1.807) is 17.0 Å². The fourth-order valence-electron chi connectivity index (χ4n) is 1.64. The average molecular weight is 234 g/mol. The third kappa shape index (κ3) is 3.06. The topological polar surface area (TPSA) is 61.9 Å². The summed E-state index contributed by atoms with van der Waals surface area (Å²) in [5, 5.41) is 8.59. The van der Waals surface area contributed by atoms with Crippen LogP contribution in [0.5, 0.6) is 0 Å². The summed E-state index contributed by atoms with van der Waals surface area (Å²) in [7, 11) is 0. The Morgan fingerprint density at radius 1 is 1.59 bits per heavy atom. The van der Waals surface area contributed by atoms with Crippen molar-refractivity contribution in [2.24, 2.45) is 0 Å². The van der Waals surface area contributed by atoms with Gasteiger partial charge in [-0.1, -0.05) is 0 Å². The summed E-state index contributed by atoms with van der Waals surface area (Å²) in [6.07, 6.45) is 3.71. The molecule has 0 unspecified atom stereocenters. The van der Waals surface area contributed by atoms with Crippen LogP contribution in [0.1, 0.15) is 33.2 Å². The molecule has 0 fully saturated rings. The molecule has 0 aromatic carbocycles. The van der Waals surface area contributed by atoms with Crippen molar-refractivity contribution < 1.29 is 0 Å². The van der Waals surface area contributed by atoms with Gasteiger partial charge in [0.05, 0.1) is 12.5 Å². The van der Waals surface area contributed by atoms with Gasteiger partial charge in [0.25, 0.3) is 5.56 Å². The molecule has 0 aliphatic heterocycles. The highest BCUT2D eigenvalue weighted by Gasteiger charge is 2.12. The number of hydrogen-bond acceptors (Lipinski definition) is 4. The molecule has 0 aliphatic carbocycles. The number of aromatic nitrogens is 2. The van der Waals surface area contributed by atoms with Crippen LogP contribution >= 0.6 is 0 Å². The van der Waals surface area contributed by atoms with Crippen LogP contribution in [-0.4, -0.2) is 22.6 Å². The molecule has 0 saturated carbocycles. The molecule has 0 saturated heterocycles. The van der Waals surface area contributed by atoms with Crippen molar-refractivity contribution in [3.63, 3.8) is 0 Å². The molecule has 92 valence electrons. The van der Waals surface area contributed by atoms with Crippen LogP contribution in [-0.2, 0) is 0 Å². The van der Waals surface area contributed by atoms with Gasteiger partial charge >= 0.3 is 0 Å². The van der Waals surface area contributed by atoms with E-state index < -0.39 is 0 Å². The van der Waals surface area contributed by atoms with Crippen molar-refractivity contribution in [1.29, 1.82) is 5.26 Å². The molecule has 1 aromatic heterocycles. The summed E-state index contributed by atoms with van der Waals surface area (Å²) < 4.78 is 1.65. The normalized spacial score (nSPS) is 10.3. The quantitative estimate of drug-likeness (QED) is 0.775. The highest BCUT2D eigenvalue weighted by molar-refractivity contribution is 5.35. The van der Waals surface area contributed by atoms with Gasteiger partial charge in [0, 0.05) is 31.5 Å². The summed E-state index contributed by atoms with van der Waals surface area (Å²) in [5.41, 5.74) is -0.0951. The van der Waals surface area contributed by atoms with E-state index in [2.05, 4.69) is 11.1 Å². The van der Waals surface area contributed by atoms with Crippen molar-refractivity contribution in [2.45, 2.75) is 33.2 Å². The van der Waals surface area contributed by atoms with Crippen molar-refractivity contribution >= 4 is 5.82 Å². The first kappa shape index (κ1) is 13.2. The molecule has 0 bridgehead atoms. The molecule has 5 nitrogen and oxygen atoms in total. The highest BCUT2D eigenvalue weighted by Crippen LogP contribution is 2.06. The Kier molecular flexibility index (Phi) is 4.70. The van der Waals surface area contributed by atoms with Crippen molar-refractivity contribution in [2.75, 3.05) is 18.0 Å². The maximum Gasteiger partial charge on any atom is 0.293 e. The number of rotatable bonds is 5. The Morgan fingerprint density at radius 2 is 2.29 bits per heavy atom. The monoisotopic (exact) mass is 234 g/mol. The molecule has 0 aliphatic rings. The van der Waals surface area contributed by atoms with Gasteiger partial charge < -0.3 is 9.47 Å². The van der Waals surface area contributed by atoms with Gasteiger partial charge in [-0.25, -0.2) is 4.98 Å². The summed E-state index contributed by atoms with van der Waals surface area (Å²) in [4.78, 5) is 18.1. The summed E-state index contributed by atoms with van der Waals surface area (Å²) in [5.74, 6) is 0.430. The molecule has 0 radical (unpaired) electrons. The van der Waals surface area contributed by atoms with E-state index in [1.165, 1.54) is 0 Å². The summed E-state index contributed by atoms with van der Waals surface area (Å²) in [6, 6.07) is 2.19. The minimum Gasteiger partial charge on any atom is -0.351 e. The van der Waals surface area contributed by atoms with Crippen LogP contribution in [0.25, 0.3) is 0 Å². The molecular weight excluding hydrogens is 216 g/mol. The SMILES string of the molecule is CCN(CCC#N)c1nccn(C(C)C)c1=O. The molecule has 5 heteroatoms. The van der Waals surface area contributed by atoms with Gasteiger partial charge in [-0.15, -0.1) is 0 Å². The molecule has 17 heavy (non-hydrogen) atoms. The first-order valence-electron chi connectivity index (χ1n) is 5.80. The van der Waals surface area contributed by atoms with Gasteiger partial charge in [0.2, 0.25) is 0 Å². The molecule has 1 rings (SSSR count). The highest BCUT2D eigenvalue weighted by atomic mass is 16.1. The van der Waals surface area contributed by atoms with E-state index in [0.29, 0.717) is 25.3 Å². The molecule has 0 atom stereocenters. The molecular formula is C12H18N4O. The number of anilines is 1. The van der Waals surface area contributed by atoms with E-state index in [1.807, 2.05) is 25.7 Å². The van der Waals surface area contributed by atoms with E-state index in [0.717, 1.165) is 0 Å². The lowest BCUT2D eigenvalue weighted by Gasteiger charge is -2.21. The third-order valence-corrected chi connectivity index (χ3v) is 2.58. The Labute approximate surface area is 101 Å². The molecule has 0 N–H and O–H groups in total. The zero-order valence-corrected chi connectivity index (χ0v) is 10.6. The lowest BCUT2D eigenvalue weighted by atomic mass is 10.3. The fraction of sp³-hybridized carbons (Fsp3) is 0.583. The second kappa shape index (κ2) is 6.04. The van der Waals surface area contributed by atoms with Crippen LogP contribution < -0.4 is 10.5 Å². The van der Waals surface area contributed by atoms with Crippen LogP contribution in [0.4, 0.5) is 5.82 Å². The van der Waals surface area contributed by atoms with Crippen molar-refractivity contribution in [3.8, 4) is 6.07 Å². The third-order valence-electron chi connectivity index (χ3n) is 2.58. The first-order chi connectivity index (χ1) is 8.11. The van der Waals surface area contributed by atoms with Gasteiger partial charge in [0.15, 0.2) is 5.82 Å². The second-order valence-electron chi connectivity index (χ2n) is 4.04. The Balaban J connectivity index is 3.08. The molecule has 1 heterocycles. The van der Waals surface area contributed by atoms with Gasteiger partial charge in [-0.3, -0.25) is 4.79 Å². The maximum atomic E-state index is 12.1. The second-order valence-corrected chi connectivity index (χ2v) is 4.04. The smallest absolute Gasteiger partial charge is 0.293 e. The average Bonchev–Trinajstić information content (AvgIpc) is 2.31. The van der Waals surface area contributed by atoms with Gasteiger partial charge in [-0.2, -0.15) is 5.26 Å². The molecule has 0 amide bonds. The minimum absolute atomic E-state index is 0.0951. The van der Waals surface area contributed by atoms with E-state index in [-0.39, 0.29) is 11.6 Å². The zero-order valence-electron chi connectivity index (χ0n) is 10.6. The summed E-state index contributed by atoms with van der Waals surface area (Å²) in [6.45, 7) is 7.07. The van der Waals surface area contributed by atoms with E-state index in [9.17, 15) is 4.79 Å². The lowest BCUT2D eigenvalue weighted by molar-refractivity contribution is 0.571. The Morgan fingerprint density at radius 3 is 2.82 bits per heavy atom. The van der Waals surface area contributed by atoms with Gasteiger partial charge in [-0.05, 0) is 20.8 Å². The van der Waals surface area contributed by atoms with Gasteiger partial charge in [0.1, 0.15) is 0 Å². The van der Waals surface area contributed by atoms with Crippen LogP contribution in [0.3, 0.4) is 0 Å². The summed E-state index contributed by atoms with van der Waals surface area (Å²) >= 11 is 0.